The van der Waals surface area contributed by atoms with E-state index in [1.54, 1.807) is 18.3 Å². The predicted octanol–water partition coefficient (Wildman–Crippen LogP) is 0.926. The smallest absolute Gasteiger partial charge is 0.236 e. The van der Waals surface area contributed by atoms with Gasteiger partial charge in [-0.1, -0.05) is 0 Å². The van der Waals surface area contributed by atoms with Crippen LogP contribution in [0.1, 0.15) is 35.8 Å². The van der Waals surface area contributed by atoms with Crippen LogP contribution in [0.3, 0.4) is 0 Å². The van der Waals surface area contributed by atoms with Gasteiger partial charge in [0.1, 0.15) is 6.29 Å². The van der Waals surface area contributed by atoms with Gasteiger partial charge in [-0.25, -0.2) is 0 Å². The normalized spacial score (nSPS) is 18.1. The van der Waals surface area contributed by atoms with Crippen LogP contribution in [0.15, 0.2) is 18.3 Å². The molecular formula is C17H26N4O2. The predicted molar refractivity (Wildman–Crippen MR) is 89.2 cm³/mol. The molecule has 0 bridgehead atoms. The Hall–Kier alpha value is -1.79. The van der Waals surface area contributed by atoms with Gasteiger partial charge in [0.25, 0.3) is 0 Å². The molecule has 2 heterocycles. The topological polar surface area (TPSA) is 65.5 Å². The third kappa shape index (κ3) is 5.11. The summed E-state index contributed by atoms with van der Waals surface area (Å²) in [5.41, 5.74) is 1.36. The number of likely N-dealkylation sites (N-methyl/N-ethyl adjacent to an activating group) is 2. The second-order valence-electron chi connectivity index (χ2n) is 6.01. The van der Waals surface area contributed by atoms with Crippen molar-refractivity contribution in [2.24, 2.45) is 0 Å². The standard InChI is InChI=1S/C17H26N4O2/c1-3-21(12-16-5-4-8-20(16)2)17(23)11-18-10-15-9-14(13-22)6-7-19-15/h6-7,9,13,16,18H,3-5,8,10-12H2,1-2H3. The summed E-state index contributed by atoms with van der Waals surface area (Å²) in [7, 11) is 2.12. The molecule has 1 saturated heterocycles. The van der Waals surface area contributed by atoms with Crippen LogP contribution < -0.4 is 5.32 Å². The zero-order valence-electron chi connectivity index (χ0n) is 14.0. The molecule has 0 radical (unpaired) electrons. The van der Waals surface area contributed by atoms with Gasteiger partial charge in [-0.2, -0.15) is 0 Å². The maximum atomic E-state index is 12.4. The molecule has 1 aliphatic heterocycles. The van der Waals surface area contributed by atoms with Crippen molar-refractivity contribution in [3.8, 4) is 0 Å². The number of nitrogens with zero attached hydrogens (tertiary/aromatic N) is 3. The SMILES string of the molecule is CCN(CC1CCCN1C)C(=O)CNCc1cc(C=O)ccn1. The number of rotatable bonds is 8. The van der Waals surface area contributed by atoms with Crippen molar-refractivity contribution >= 4 is 12.2 Å². The highest BCUT2D eigenvalue weighted by Crippen LogP contribution is 2.15. The minimum atomic E-state index is 0.111. The molecule has 0 spiro atoms. The van der Waals surface area contributed by atoms with E-state index < -0.39 is 0 Å². The highest BCUT2D eigenvalue weighted by atomic mass is 16.2. The molecule has 2 rings (SSSR count). The molecule has 1 N–H and O–H groups in total. The number of carbonyl (C=O) groups excluding carboxylic acids is 2. The van der Waals surface area contributed by atoms with E-state index in [9.17, 15) is 9.59 Å². The van der Waals surface area contributed by atoms with Crippen LogP contribution in [0.4, 0.5) is 0 Å². The van der Waals surface area contributed by atoms with Crippen molar-refractivity contribution in [1.82, 2.24) is 20.1 Å². The molecular weight excluding hydrogens is 292 g/mol. The number of hydrogen-bond acceptors (Lipinski definition) is 5. The first-order chi connectivity index (χ1) is 11.1. The zero-order chi connectivity index (χ0) is 16.7. The molecule has 0 aliphatic carbocycles. The number of amides is 1. The van der Waals surface area contributed by atoms with Crippen LogP contribution in [0, 0.1) is 0 Å². The molecule has 0 aromatic carbocycles. The van der Waals surface area contributed by atoms with Gasteiger partial charge in [-0.05, 0) is 45.5 Å². The molecule has 126 valence electrons. The molecule has 6 heteroatoms. The largest absolute Gasteiger partial charge is 0.340 e. The lowest BCUT2D eigenvalue weighted by molar-refractivity contribution is -0.130. The third-order valence-electron chi connectivity index (χ3n) is 4.40. The summed E-state index contributed by atoms with van der Waals surface area (Å²) in [4.78, 5) is 31.5. The summed E-state index contributed by atoms with van der Waals surface area (Å²) in [6.07, 6.45) is 4.78. The van der Waals surface area contributed by atoms with Gasteiger partial charge in [0.05, 0.1) is 12.2 Å². The number of carbonyl (C=O) groups is 2. The Labute approximate surface area is 137 Å². The van der Waals surface area contributed by atoms with Crippen molar-refractivity contribution in [2.45, 2.75) is 32.4 Å². The van der Waals surface area contributed by atoms with Gasteiger partial charge in [0, 0.05) is 37.4 Å². The second-order valence-corrected chi connectivity index (χ2v) is 6.01. The molecule has 0 saturated carbocycles. The maximum Gasteiger partial charge on any atom is 0.236 e. The number of aromatic nitrogens is 1. The Bertz CT molecular complexity index is 535. The van der Waals surface area contributed by atoms with Gasteiger partial charge in [-0.15, -0.1) is 0 Å². The number of hydrogen-bond donors (Lipinski definition) is 1. The quantitative estimate of drug-likeness (QED) is 0.722. The Balaban J connectivity index is 1.78. The van der Waals surface area contributed by atoms with E-state index >= 15 is 0 Å². The molecule has 6 nitrogen and oxygen atoms in total. The van der Waals surface area contributed by atoms with Crippen molar-refractivity contribution in [3.05, 3.63) is 29.6 Å². The fraction of sp³-hybridized carbons (Fsp3) is 0.588. The third-order valence-corrected chi connectivity index (χ3v) is 4.40. The van der Waals surface area contributed by atoms with Crippen LogP contribution in [-0.4, -0.2) is 66.2 Å². The molecule has 23 heavy (non-hydrogen) atoms. The lowest BCUT2D eigenvalue weighted by Gasteiger charge is -2.28. The number of nitrogens with one attached hydrogen (secondary N) is 1. The molecule has 1 unspecified atom stereocenters. The van der Waals surface area contributed by atoms with Crippen LogP contribution in [0.5, 0.6) is 0 Å². The average Bonchev–Trinajstić information content (AvgIpc) is 2.97. The molecule has 1 atom stereocenters. The summed E-state index contributed by atoms with van der Waals surface area (Å²) < 4.78 is 0. The Morgan fingerprint density at radius 1 is 1.57 bits per heavy atom. The molecule has 1 aliphatic rings. The van der Waals surface area contributed by atoms with E-state index in [1.807, 2.05) is 11.8 Å². The summed E-state index contributed by atoms with van der Waals surface area (Å²) in [5.74, 6) is 0.111. The number of pyridine rings is 1. The number of likely N-dealkylation sites (tertiary alicyclic amines) is 1. The van der Waals surface area contributed by atoms with E-state index in [-0.39, 0.29) is 12.5 Å². The lowest BCUT2D eigenvalue weighted by Crippen LogP contribution is -2.44. The Morgan fingerprint density at radius 3 is 3.04 bits per heavy atom. The van der Waals surface area contributed by atoms with Crippen LogP contribution in [-0.2, 0) is 11.3 Å². The van der Waals surface area contributed by atoms with Crippen molar-refractivity contribution < 1.29 is 9.59 Å². The summed E-state index contributed by atoms with van der Waals surface area (Å²) in [5, 5.41) is 3.12. The van der Waals surface area contributed by atoms with E-state index in [1.165, 1.54) is 6.42 Å². The highest BCUT2D eigenvalue weighted by molar-refractivity contribution is 5.78. The lowest BCUT2D eigenvalue weighted by atomic mass is 10.2. The van der Waals surface area contributed by atoms with Crippen LogP contribution in [0.25, 0.3) is 0 Å². The van der Waals surface area contributed by atoms with Gasteiger partial charge in [0.2, 0.25) is 5.91 Å². The molecule has 1 fully saturated rings. The van der Waals surface area contributed by atoms with E-state index in [2.05, 4.69) is 22.2 Å². The first kappa shape index (κ1) is 17.6. The summed E-state index contributed by atoms with van der Waals surface area (Å²) in [6.45, 7) is 5.43. The highest BCUT2D eigenvalue weighted by Gasteiger charge is 2.24. The second kappa shape index (κ2) is 8.74. The molecule has 1 aromatic rings. The average molecular weight is 318 g/mol. The Morgan fingerprint density at radius 2 is 2.39 bits per heavy atom. The fourth-order valence-electron chi connectivity index (χ4n) is 2.95. The van der Waals surface area contributed by atoms with Crippen molar-refractivity contribution in [3.63, 3.8) is 0 Å². The Kier molecular flexibility index (Phi) is 6.67. The van der Waals surface area contributed by atoms with E-state index in [0.717, 1.165) is 38.0 Å². The monoisotopic (exact) mass is 318 g/mol. The fourth-order valence-corrected chi connectivity index (χ4v) is 2.95. The molecule has 1 aromatic heterocycles. The first-order valence-corrected chi connectivity index (χ1v) is 8.23. The zero-order valence-corrected chi connectivity index (χ0v) is 14.0. The summed E-state index contributed by atoms with van der Waals surface area (Å²) >= 11 is 0. The summed E-state index contributed by atoms with van der Waals surface area (Å²) in [6, 6.07) is 3.87. The van der Waals surface area contributed by atoms with E-state index in [4.69, 9.17) is 0 Å². The maximum absolute atomic E-state index is 12.4. The minimum absolute atomic E-state index is 0.111. The number of aldehydes is 1. The van der Waals surface area contributed by atoms with Gasteiger partial charge < -0.3 is 15.1 Å². The van der Waals surface area contributed by atoms with Gasteiger partial charge in [-0.3, -0.25) is 14.6 Å². The van der Waals surface area contributed by atoms with Crippen LogP contribution in [0.2, 0.25) is 0 Å². The minimum Gasteiger partial charge on any atom is -0.340 e. The van der Waals surface area contributed by atoms with Crippen molar-refractivity contribution in [2.75, 3.05) is 33.2 Å². The van der Waals surface area contributed by atoms with Gasteiger partial charge >= 0.3 is 0 Å². The molecule has 1 amide bonds. The van der Waals surface area contributed by atoms with Gasteiger partial charge in [0.15, 0.2) is 0 Å². The van der Waals surface area contributed by atoms with Crippen molar-refractivity contribution in [1.29, 1.82) is 0 Å². The van der Waals surface area contributed by atoms with Crippen LogP contribution >= 0.6 is 0 Å². The first-order valence-electron chi connectivity index (χ1n) is 8.23. The van der Waals surface area contributed by atoms with E-state index in [0.29, 0.717) is 18.2 Å².